The molecular formula is C45H34FN3O3. The topological polar surface area (TPSA) is 66.4 Å². The SMILES string of the molecule is COc1cc2c3c(c4c(c2cc1OC)-c1ccccc1C4(C)C)C=CC(c1ccc(F)cc1)(c1nc(-c2ccccc2)nc(-c2ccccc2)n1)O3. The zero-order chi connectivity index (χ0) is 35.6. The lowest BCUT2D eigenvalue weighted by molar-refractivity contribution is 0.152. The number of methoxy groups -OCH3 is 2. The molecule has 0 radical (unpaired) electrons. The summed E-state index contributed by atoms with van der Waals surface area (Å²) in [4.78, 5) is 15.2. The van der Waals surface area contributed by atoms with Crippen molar-refractivity contribution in [1.29, 1.82) is 0 Å². The lowest BCUT2D eigenvalue weighted by Crippen LogP contribution is -2.37. The number of ether oxygens (including phenoxy) is 3. The number of hydrogen-bond donors (Lipinski definition) is 0. The summed E-state index contributed by atoms with van der Waals surface area (Å²) in [5.74, 6) is 2.84. The summed E-state index contributed by atoms with van der Waals surface area (Å²) in [5, 5.41) is 1.81. The Hall–Kier alpha value is -6.34. The minimum absolute atomic E-state index is 0.352. The van der Waals surface area contributed by atoms with E-state index in [1.807, 2.05) is 78.9 Å². The number of fused-ring (bicyclic) bond motifs is 8. The first-order valence-electron chi connectivity index (χ1n) is 17.2. The van der Waals surface area contributed by atoms with Gasteiger partial charge >= 0.3 is 0 Å². The van der Waals surface area contributed by atoms with Crippen LogP contribution < -0.4 is 14.2 Å². The first kappa shape index (κ1) is 31.6. The summed E-state index contributed by atoms with van der Waals surface area (Å²) < 4.78 is 33.8. The maximum absolute atomic E-state index is 14.6. The molecule has 1 atom stereocenters. The Labute approximate surface area is 301 Å². The average molecular weight is 684 g/mol. The molecule has 0 amide bonds. The molecule has 254 valence electrons. The monoisotopic (exact) mass is 683 g/mol. The summed E-state index contributed by atoms with van der Waals surface area (Å²) >= 11 is 0. The van der Waals surface area contributed by atoms with Gasteiger partial charge in [-0.3, -0.25) is 0 Å². The van der Waals surface area contributed by atoms with Crippen molar-refractivity contribution < 1.29 is 18.6 Å². The Morgan fingerprint density at radius 3 is 1.85 bits per heavy atom. The van der Waals surface area contributed by atoms with Crippen molar-refractivity contribution in [2.75, 3.05) is 14.2 Å². The van der Waals surface area contributed by atoms with Crippen LogP contribution in [-0.2, 0) is 11.0 Å². The summed E-state index contributed by atoms with van der Waals surface area (Å²) in [6, 6.07) is 38.6. The van der Waals surface area contributed by atoms with Gasteiger partial charge in [0.2, 0.25) is 5.60 Å². The molecule has 6 nitrogen and oxygen atoms in total. The number of rotatable bonds is 6. The third kappa shape index (κ3) is 4.73. The Kier molecular flexibility index (Phi) is 7.22. The van der Waals surface area contributed by atoms with Crippen LogP contribution in [0, 0.1) is 5.82 Å². The van der Waals surface area contributed by atoms with E-state index >= 15 is 0 Å². The summed E-state index contributed by atoms with van der Waals surface area (Å²) in [6.07, 6.45) is 4.13. The lowest BCUT2D eigenvalue weighted by atomic mass is 9.77. The van der Waals surface area contributed by atoms with Crippen LogP contribution in [0.25, 0.3) is 50.8 Å². The molecule has 1 unspecified atom stereocenters. The molecule has 2 aliphatic rings. The van der Waals surface area contributed by atoms with Crippen molar-refractivity contribution in [1.82, 2.24) is 15.0 Å². The standard InChI is InChI=1S/C45H34FN3O3/c1-44(2)35-18-12-11-17-31(35)38-33-25-36(50-3)37(51-4)26-34(33)40-32(39(38)44)23-24-45(52-40,29-19-21-30(46)22-20-29)43-48-41(27-13-7-5-8-14-27)47-42(49-43)28-15-9-6-10-16-28/h5-26H,1-4H3. The predicted octanol–water partition coefficient (Wildman–Crippen LogP) is 10.2. The fourth-order valence-electron chi connectivity index (χ4n) is 7.85. The van der Waals surface area contributed by atoms with Gasteiger partial charge in [-0.1, -0.05) is 117 Å². The largest absolute Gasteiger partial charge is 0.493 e. The highest BCUT2D eigenvalue weighted by molar-refractivity contribution is 6.09. The molecular weight excluding hydrogens is 650 g/mol. The third-order valence-corrected chi connectivity index (χ3v) is 10.3. The van der Waals surface area contributed by atoms with Crippen LogP contribution >= 0.6 is 0 Å². The highest BCUT2D eigenvalue weighted by atomic mass is 19.1. The first-order chi connectivity index (χ1) is 25.3. The van der Waals surface area contributed by atoms with Crippen molar-refractivity contribution in [3.05, 3.63) is 161 Å². The molecule has 0 bridgehead atoms. The number of benzene rings is 6. The molecule has 0 N–H and O–H groups in total. The average Bonchev–Trinajstić information content (AvgIpc) is 3.44. The molecule has 2 heterocycles. The van der Waals surface area contributed by atoms with Crippen LogP contribution in [0.2, 0.25) is 0 Å². The second-order valence-corrected chi connectivity index (χ2v) is 13.6. The summed E-state index contributed by atoms with van der Waals surface area (Å²) in [6.45, 7) is 4.51. The lowest BCUT2D eigenvalue weighted by Gasteiger charge is -2.37. The van der Waals surface area contributed by atoms with Crippen LogP contribution in [0.3, 0.4) is 0 Å². The van der Waals surface area contributed by atoms with Gasteiger partial charge in [0.05, 0.1) is 14.2 Å². The third-order valence-electron chi connectivity index (χ3n) is 10.3. The highest BCUT2D eigenvalue weighted by Crippen LogP contribution is 2.59. The van der Waals surface area contributed by atoms with Gasteiger partial charge in [-0.25, -0.2) is 19.3 Å². The van der Waals surface area contributed by atoms with Gasteiger partial charge in [0.25, 0.3) is 0 Å². The molecule has 7 aromatic rings. The van der Waals surface area contributed by atoms with Gasteiger partial charge in [0, 0.05) is 33.1 Å². The highest BCUT2D eigenvalue weighted by Gasteiger charge is 2.46. The fourth-order valence-corrected chi connectivity index (χ4v) is 7.85. The maximum Gasteiger partial charge on any atom is 0.212 e. The van der Waals surface area contributed by atoms with Crippen LogP contribution in [0.5, 0.6) is 17.2 Å². The number of hydrogen-bond acceptors (Lipinski definition) is 6. The van der Waals surface area contributed by atoms with Gasteiger partial charge in [0.15, 0.2) is 29.0 Å². The number of aromatic nitrogens is 3. The van der Waals surface area contributed by atoms with Crippen LogP contribution in [-0.4, -0.2) is 29.2 Å². The van der Waals surface area contributed by atoms with E-state index in [9.17, 15) is 4.39 Å². The number of halogens is 1. The molecule has 0 spiro atoms. The first-order valence-corrected chi connectivity index (χ1v) is 17.2. The van der Waals surface area contributed by atoms with Crippen LogP contribution in [0.1, 0.15) is 41.9 Å². The van der Waals surface area contributed by atoms with Gasteiger partial charge in [-0.05, 0) is 58.0 Å². The van der Waals surface area contributed by atoms with E-state index in [0.29, 0.717) is 40.3 Å². The van der Waals surface area contributed by atoms with Crippen molar-refractivity contribution in [2.24, 2.45) is 0 Å². The van der Waals surface area contributed by atoms with Crippen molar-refractivity contribution in [3.63, 3.8) is 0 Å². The molecule has 0 saturated carbocycles. The smallest absolute Gasteiger partial charge is 0.212 e. The van der Waals surface area contributed by atoms with E-state index in [1.54, 1.807) is 26.4 Å². The molecule has 7 heteroatoms. The Bertz CT molecular complexity index is 2490. The second-order valence-electron chi connectivity index (χ2n) is 13.6. The van der Waals surface area contributed by atoms with Crippen molar-refractivity contribution >= 4 is 16.8 Å². The van der Waals surface area contributed by atoms with Crippen molar-refractivity contribution in [2.45, 2.75) is 24.9 Å². The quantitative estimate of drug-likeness (QED) is 0.174. The van der Waals surface area contributed by atoms with E-state index < -0.39 is 5.60 Å². The molecule has 6 aromatic carbocycles. The fraction of sp³-hybridized carbons (Fsp3) is 0.133. The Morgan fingerprint density at radius 1 is 0.654 bits per heavy atom. The van der Waals surface area contributed by atoms with Crippen LogP contribution in [0.15, 0.2) is 127 Å². The van der Waals surface area contributed by atoms with Gasteiger partial charge in [-0.2, -0.15) is 0 Å². The zero-order valence-corrected chi connectivity index (χ0v) is 29.1. The molecule has 1 aliphatic heterocycles. The Morgan fingerprint density at radius 2 is 1.23 bits per heavy atom. The van der Waals surface area contributed by atoms with Gasteiger partial charge < -0.3 is 14.2 Å². The molecule has 0 saturated heterocycles. The van der Waals surface area contributed by atoms with E-state index in [4.69, 9.17) is 29.2 Å². The number of nitrogens with zero attached hydrogens (tertiary/aromatic N) is 3. The van der Waals surface area contributed by atoms with E-state index in [-0.39, 0.29) is 11.2 Å². The van der Waals surface area contributed by atoms with Gasteiger partial charge in [-0.15, -0.1) is 0 Å². The molecule has 9 rings (SSSR count). The van der Waals surface area contributed by atoms with Crippen molar-refractivity contribution in [3.8, 4) is 51.2 Å². The Balaban J connectivity index is 1.38. The second kappa shape index (κ2) is 11.9. The molecule has 52 heavy (non-hydrogen) atoms. The maximum atomic E-state index is 14.6. The summed E-state index contributed by atoms with van der Waals surface area (Å²) in [7, 11) is 3.28. The minimum atomic E-state index is -1.37. The molecule has 1 aliphatic carbocycles. The predicted molar refractivity (Wildman–Crippen MR) is 202 cm³/mol. The minimum Gasteiger partial charge on any atom is -0.493 e. The van der Waals surface area contributed by atoms with E-state index in [0.717, 1.165) is 38.6 Å². The van der Waals surface area contributed by atoms with E-state index in [1.165, 1.54) is 23.3 Å². The normalized spacial score (nSPS) is 16.5. The molecule has 0 fully saturated rings. The summed E-state index contributed by atoms with van der Waals surface area (Å²) in [5.41, 5.74) is 6.24. The zero-order valence-electron chi connectivity index (χ0n) is 29.1. The molecule has 1 aromatic heterocycles. The van der Waals surface area contributed by atoms with E-state index in [2.05, 4.69) is 44.2 Å². The van der Waals surface area contributed by atoms with Gasteiger partial charge in [0.1, 0.15) is 11.6 Å². The van der Waals surface area contributed by atoms with Crippen LogP contribution in [0.4, 0.5) is 4.39 Å².